The summed E-state index contributed by atoms with van der Waals surface area (Å²) in [6.45, 7) is 6.80. The third-order valence-electron chi connectivity index (χ3n) is 5.35. The summed E-state index contributed by atoms with van der Waals surface area (Å²) >= 11 is 0. The molecule has 1 aliphatic heterocycles. The second kappa shape index (κ2) is 6.81. The van der Waals surface area contributed by atoms with Gasteiger partial charge in [-0.1, -0.05) is 18.2 Å². The van der Waals surface area contributed by atoms with Gasteiger partial charge in [-0.25, -0.2) is 4.98 Å². The lowest BCUT2D eigenvalue weighted by atomic mass is 9.97. The molecule has 0 amide bonds. The Morgan fingerprint density at radius 3 is 3.08 bits per heavy atom. The Morgan fingerprint density at radius 2 is 2.21 bits per heavy atom. The molecule has 1 fully saturated rings. The Kier molecular flexibility index (Phi) is 4.39. The van der Waals surface area contributed by atoms with Crippen molar-refractivity contribution in [3.05, 3.63) is 54.2 Å². The highest BCUT2D eigenvalue weighted by Gasteiger charge is 2.20. The average molecular weight is 322 g/mol. The zero-order valence-electron chi connectivity index (χ0n) is 14.4. The number of aryl methyl sites for hydroxylation is 1. The van der Waals surface area contributed by atoms with Crippen LogP contribution in [0.4, 0.5) is 0 Å². The number of nitrogens with zero attached hydrogens (tertiary/aromatic N) is 3. The first-order valence-electron chi connectivity index (χ1n) is 9.04. The van der Waals surface area contributed by atoms with E-state index in [4.69, 9.17) is 0 Å². The number of rotatable bonds is 5. The second-order valence-corrected chi connectivity index (χ2v) is 7.05. The Hall–Kier alpha value is -2.07. The standard InChI is InChI=1S/C20H26N4/c1-16-21-9-12-24(16)15-17-5-4-10-23(14-17)11-8-18-13-22-20-7-3-2-6-19(18)20/h2-3,6-7,9,12-13,17,22H,4-5,8,10-11,14-15H2,1H3/t17-/m1/s1. The minimum atomic E-state index is 0.745. The number of aromatic nitrogens is 3. The van der Waals surface area contributed by atoms with Crippen LogP contribution in [-0.2, 0) is 13.0 Å². The predicted molar refractivity (Wildman–Crippen MR) is 98.1 cm³/mol. The highest BCUT2D eigenvalue weighted by Crippen LogP contribution is 2.21. The van der Waals surface area contributed by atoms with E-state index in [2.05, 4.69) is 63.0 Å². The lowest BCUT2D eigenvalue weighted by Gasteiger charge is -2.33. The maximum Gasteiger partial charge on any atom is 0.105 e. The van der Waals surface area contributed by atoms with Gasteiger partial charge in [0.2, 0.25) is 0 Å². The third kappa shape index (κ3) is 3.24. The lowest BCUT2D eigenvalue weighted by Crippen LogP contribution is -2.38. The van der Waals surface area contributed by atoms with E-state index in [1.54, 1.807) is 0 Å². The molecule has 1 saturated heterocycles. The average Bonchev–Trinajstić information content (AvgIpc) is 3.20. The second-order valence-electron chi connectivity index (χ2n) is 7.05. The highest BCUT2D eigenvalue weighted by atomic mass is 15.1. The summed E-state index contributed by atoms with van der Waals surface area (Å²) in [6, 6.07) is 8.60. The molecule has 4 heteroatoms. The van der Waals surface area contributed by atoms with Gasteiger partial charge >= 0.3 is 0 Å². The van der Waals surface area contributed by atoms with Gasteiger partial charge in [0, 0.05) is 49.1 Å². The molecule has 0 unspecified atom stereocenters. The molecule has 0 aliphatic carbocycles. The van der Waals surface area contributed by atoms with E-state index in [0.717, 1.165) is 31.3 Å². The van der Waals surface area contributed by atoms with E-state index in [1.165, 1.54) is 42.4 Å². The minimum absolute atomic E-state index is 0.745. The summed E-state index contributed by atoms with van der Waals surface area (Å²) in [4.78, 5) is 10.4. The molecule has 1 aliphatic rings. The molecule has 0 saturated carbocycles. The van der Waals surface area contributed by atoms with Crippen LogP contribution >= 0.6 is 0 Å². The molecule has 4 rings (SSSR count). The topological polar surface area (TPSA) is 36.9 Å². The first-order valence-corrected chi connectivity index (χ1v) is 9.04. The van der Waals surface area contributed by atoms with Crippen molar-refractivity contribution >= 4 is 10.9 Å². The number of likely N-dealkylation sites (tertiary alicyclic amines) is 1. The third-order valence-corrected chi connectivity index (χ3v) is 5.35. The number of hydrogen-bond acceptors (Lipinski definition) is 2. The van der Waals surface area contributed by atoms with E-state index in [1.807, 2.05) is 6.20 Å². The number of aromatic amines is 1. The van der Waals surface area contributed by atoms with Crippen molar-refractivity contribution in [1.82, 2.24) is 19.4 Å². The summed E-state index contributed by atoms with van der Waals surface area (Å²) in [5.74, 6) is 1.88. The molecule has 24 heavy (non-hydrogen) atoms. The van der Waals surface area contributed by atoms with Crippen molar-refractivity contribution in [2.45, 2.75) is 32.7 Å². The molecular weight excluding hydrogens is 296 g/mol. The van der Waals surface area contributed by atoms with E-state index in [9.17, 15) is 0 Å². The van der Waals surface area contributed by atoms with Crippen molar-refractivity contribution in [2.75, 3.05) is 19.6 Å². The Morgan fingerprint density at radius 1 is 1.29 bits per heavy atom. The van der Waals surface area contributed by atoms with Gasteiger partial charge in [-0.05, 0) is 50.3 Å². The van der Waals surface area contributed by atoms with E-state index < -0.39 is 0 Å². The molecule has 4 nitrogen and oxygen atoms in total. The SMILES string of the molecule is Cc1nccn1C[C@@H]1CCCN(CCc2c[nH]c3ccccc23)C1. The molecule has 2 aromatic heterocycles. The monoisotopic (exact) mass is 322 g/mol. The smallest absolute Gasteiger partial charge is 0.105 e. The number of para-hydroxylation sites is 1. The largest absolute Gasteiger partial charge is 0.361 e. The van der Waals surface area contributed by atoms with Gasteiger partial charge in [0.05, 0.1) is 0 Å². The number of H-pyrrole nitrogens is 1. The molecule has 0 spiro atoms. The van der Waals surface area contributed by atoms with Crippen LogP contribution in [0.2, 0.25) is 0 Å². The molecule has 126 valence electrons. The summed E-state index contributed by atoms with van der Waals surface area (Å²) < 4.78 is 2.30. The maximum absolute atomic E-state index is 4.35. The lowest BCUT2D eigenvalue weighted by molar-refractivity contribution is 0.164. The molecule has 1 N–H and O–H groups in total. The van der Waals surface area contributed by atoms with Crippen LogP contribution in [0.5, 0.6) is 0 Å². The normalized spacial score (nSPS) is 19.1. The summed E-state index contributed by atoms with van der Waals surface area (Å²) in [7, 11) is 0. The Labute approximate surface area is 143 Å². The van der Waals surface area contributed by atoms with Gasteiger partial charge < -0.3 is 14.5 Å². The number of hydrogen-bond donors (Lipinski definition) is 1. The molecular formula is C20H26N4. The zero-order valence-corrected chi connectivity index (χ0v) is 14.4. The fraction of sp³-hybridized carbons (Fsp3) is 0.450. The maximum atomic E-state index is 4.35. The quantitative estimate of drug-likeness (QED) is 0.779. The van der Waals surface area contributed by atoms with Gasteiger partial charge in [0.1, 0.15) is 5.82 Å². The summed E-state index contributed by atoms with van der Waals surface area (Å²) in [5.41, 5.74) is 2.69. The van der Waals surface area contributed by atoms with Crippen LogP contribution in [0.15, 0.2) is 42.9 Å². The Bertz CT molecular complexity index is 801. The van der Waals surface area contributed by atoms with Crippen LogP contribution < -0.4 is 0 Å². The first-order chi connectivity index (χ1) is 11.8. The number of fused-ring (bicyclic) bond motifs is 1. The van der Waals surface area contributed by atoms with Crippen LogP contribution in [-0.4, -0.2) is 39.1 Å². The summed E-state index contributed by atoms with van der Waals surface area (Å²) in [6.07, 6.45) is 9.97. The van der Waals surface area contributed by atoms with Gasteiger partial charge in [-0.3, -0.25) is 0 Å². The van der Waals surface area contributed by atoms with Crippen LogP contribution in [0.1, 0.15) is 24.2 Å². The van der Waals surface area contributed by atoms with Crippen LogP contribution in [0, 0.1) is 12.8 Å². The van der Waals surface area contributed by atoms with Crippen molar-refractivity contribution in [3.8, 4) is 0 Å². The van der Waals surface area contributed by atoms with Crippen molar-refractivity contribution in [3.63, 3.8) is 0 Å². The first kappa shape index (κ1) is 15.5. The molecule has 0 bridgehead atoms. The number of nitrogens with one attached hydrogen (secondary N) is 1. The number of imidazole rings is 1. The van der Waals surface area contributed by atoms with Crippen LogP contribution in [0.25, 0.3) is 10.9 Å². The van der Waals surface area contributed by atoms with Crippen LogP contribution in [0.3, 0.4) is 0 Å². The van der Waals surface area contributed by atoms with Gasteiger partial charge in [0.15, 0.2) is 0 Å². The molecule has 1 atom stereocenters. The highest BCUT2D eigenvalue weighted by molar-refractivity contribution is 5.83. The van der Waals surface area contributed by atoms with Gasteiger partial charge in [-0.15, -0.1) is 0 Å². The number of piperidine rings is 1. The van der Waals surface area contributed by atoms with E-state index >= 15 is 0 Å². The van der Waals surface area contributed by atoms with Gasteiger partial charge in [0.25, 0.3) is 0 Å². The summed E-state index contributed by atoms with van der Waals surface area (Å²) in [5, 5.41) is 1.38. The Balaban J connectivity index is 1.35. The molecule has 0 radical (unpaired) electrons. The minimum Gasteiger partial charge on any atom is -0.361 e. The van der Waals surface area contributed by atoms with Crippen molar-refractivity contribution in [1.29, 1.82) is 0 Å². The van der Waals surface area contributed by atoms with Gasteiger partial charge in [-0.2, -0.15) is 0 Å². The molecule has 1 aromatic carbocycles. The molecule has 3 aromatic rings. The predicted octanol–water partition coefficient (Wildman–Crippen LogP) is 3.63. The fourth-order valence-electron chi connectivity index (χ4n) is 4.00. The van der Waals surface area contributed by atoms with Crippen molar-refractivity contribution < 1.29 is 0 Å². The van der Waals surface area contributed by atoms with E-state index in [0.29, 0.717) is 0 Å². The van der Waals surface area contributed by atoms with Crippen molar-refractivity contribution in [2.24, 2.45) is 5.92 Å². The fourth-order valence-corrected chi connectivity index (χ4v) is 4.00. The van der Waals surface area contributed by atoms with E-state index in [-0.39, 0.29) is 0 Å². The zero-order chi connectivity index (χ0) is 16.4. The molecule has 3 heterocycles. The number of benzene rings is 1.